The summed E-state index contributed by atoms with van der Waals surface area (Å²) in [4.78, 5) is 25.6. The van der Waals surface area contributed by atoms with E-state index >= 15 is 0 Å². The number of rotatable bonds is 7. The Morgan fingerprint density at radius 2 is 1.97 bits per heavy atom. The van der Waals surface area contributed by atoms with E-state index in [0.717, 1.165) is 11.3 Å². The zero-order chi connectivity index (χ0) is 23.4. The number of amides is 1. The maximum absolute atomic E-state index is 13.1. The van der Waals surface area contributed by atoms with Gasteiger partial charge < -0.3 is 9.47 Å². The molecule has 0 aliphatic carbocycles. The number of pyridine rings is 3. The topological polar surface area (TPSA) is 112 Å². The van der Waals surface area contributed by atoms with Crippen LogP contribution in [0.15, 0.2) is 42.9 Å². The van der Waals surface area contributed by atoms with Gasteiger partial charge in [0.15, 0.2) is 0 Å². The molecule has 0 atom stereocenters. The van der Waals surface area contributed by atoms with Crippen LogP contribution in [0.25, 0.3) is 11.1 Å². The summed E-state index contributed by atoms with van der Waals surface area (Å²) in [6.07, 6.45) is 4.56. The van der Waals surface area contributed by atoms with Gasteiger partial charge in [-0.25, -0.2) is 4.98 Å². The van der Waals surface area contributed by atoms with Gasteiger partial charge in [-0.15, -0.1) is 5.10 Å². The van der Waals surface area contributed by atoms with Crippen LogP contribution >= 0.6 is 34.5 Å². The zero-order valence-electron chi connectivity index (χ0n) is 17.4. The number of hydrogen-bond donors (Lipinski definition) is 1. The van der Waals surface area contributed by atoms with Gasteiger partial charge >= 0.3 is 0 Å². The van der Waals surface area contributed by atoms with Crippen LogP contribution in [-0.2, 0) is 6.61 Å². The van der Waals surface area contributed by atoms with E-state index in [4.69, 9.17) is 32.7 Å². The van der Waals surface area contributed by atoms with Gasteiger partial charge in [0, 0.05) is 24.2 Å². The van der Waals surface area contributed by atoms with Crippen LogP contribution in [-0.4, -0.2) is 38.2 Å². The second kappa shape index (κ2) is 10.1. The molecule has 0 saturated carbocycles. The molecule has 4 aromatic rings. The molecule has 1 amide bonds. The fourth-order valence-corrected chi connectivity index (χ4v) is 3.84. The summed E-state index contributed by atoms with van der Waals surface area (Å²) >= 11 is 13.0. The van der Waals surface area contributed by atoms with Gasteiger partial charge in [-0.3, -0.25) is 20.1 Å². The Bertz CT molecular complexity index is 1300. The Labute approximate surface area is 202 Å². The lowest BCUT2D eigenvalue weighted by Gasteiger charge is -2.15. The van der Waals surface area contributed by atoms with Crippen LogP contribution in [0.5, 0.6) is 10.9 Å². The van der Waals surface area contributed by atoms with Gasteiger partial charge in [0.1, 0.15) is 17.5 Å². The van der Waals surface area contributed by atoms with Gasteiger partial charge in [0.05, 0.1) is 29.1 Å². The molecule has 0 aliphatic rings. The normalized spacial score (nSPS) is 10.7. The fourth-order valence-electron chi connectivity index (χ4n) is 2.96. The number of halogens is 2. The highest BCUT2D eigenvalue weighted by atomic mass is 35.5. The number of aryl methyl sites for hydroxylation is 1. The Kier molecular flexibility index (Phi) is 6.97. The minimum atomic E-state index is -0.439. The maximum Gasteiger partial charge on any atom is 0.296 e. The lowest BCUT2D eigenvalue weighted by atomic mass is 9.99. The Morgan fingerprint density at radius 3 is 2.70 bits per heavy atom. The highest BCUT2D eigenvalue weighted by molar-refractivity contribution is 7.17. The van der Waals surface area contributed by atoms with Crippen molar-refractivity contribution in [1.29, 1.82) is 0 Å². The number of carbonyl (C=O) groups excluding carboxylic acids is 1. The third-order valence-corrected chi connectivity index (χ3v) is 5.62. The van der Waals surface area contributed by atoms with Gasteiger partial charge in [-0.05, 0) is 48.1 Å². The average Bonchev–Trinajstić information content (AvgIpc) is 3.25. The predicted octanol–water partition coefficient (Wildman–Crippen LogP) is 4.85. The van der Waals surface area contributed by atoms with Crippen molar-refractivity contribution in [3.8, 4) is 22.1 Å². The fraction of sp³-hybridized carbons (Fsp3) is 0.143. The molecule has 0 aromatic carbocycles. The van der Waals surface area contributed by atoms with Gasteiger partial charge in [-0.1, -0.05) is 28.3 Å². The van der Waals surface area contributed by atoms with E-state index in [1.807, 2.05) is 0 Å². The van der Waals surface area contributed by atoms with Crippen molar-refractivity contribution in [3.05, 3.63) is 70.0 Å². The molecule has 4 rings (SSSR count). The molecule has 33 heavy (non-hydrogen) atoms. The Morgan fingerprint density at radius 1 is 1.12 bits per heavy atom. The minimum absolute atomic E-state index is 0.186. The van der Waals surface area contributed by atoms with E-state index in [-0.39, 0.29) is 27.6 Å². The SMILES string of the molecule is COc1c(C)ncc(C(=O)Nc2nnc(OCc3ccc(Cl)cn3)s2)c1-c1ccnc(Cl)c1. The van der Waals surface area contributed by atoms with Crippen molar-refractivity contribution in [1.82, 2.24) is 25.1 Å². The summed E-state index contributed by atoms with van der Waals surface area (Å²) in [5.41, 5.74) is 2.79. The molecule has 1 N–H and O–H groups in total. The summed E-state index contributed by atoms with van der Waals surface area (Å²) in [5.74, 6) is 0.0208. The molecule has 0 unspecified atom stereocenters. The lowest BCUT2D eigenvalue weighted by Crippen LogP contribution is -2.14. The van der Waals surface area contributed by atoms with E-state index < -0.39 is 5.91 Å². The molecule has 0 radical (unpaired) electrons. The molecule has 12 heteroatoms. The van der Waals surface area contributed by atoms with Crippen molar-refractivity contribution in [2.75, 3.05) is 12.4 Å². The largest absolute Gasteiger partial charge is 0.494 e. The summed E-state index contributed by atoms with van der Waals surface area (Å²) < 4.78 is 11.1. The standard InChI is InChI=1S/C21H16Cl2N6O3S/c1-11-18(31-2)17(12-5-6-24-16(23)7-12)15(9-25-11)19(30)27-20-28-29-21(33-20)32-10-14-4-3-13(22)8-26-14/h3-9H,10H2,1-2H3,(H,27,28,30). The first-order valence-electron chi connectivity index (χ1n) is 9.48. The second-order valence-corrected chi connectivity index (χ2v) is 8.38. The summed E-state index contributed by atoms with van der Waals surface area (Å²) in [7, 11) is 1.52. The number of methoxy groups -OCH3 is 1. The van der Waals surface area contributed by atoms with Crippen molar-refractivity contribution in [2.45, 2.75) is 13.5 Å². The molecular formula is C21H16Cl2N6O3S. The van der Waals surface area contributed by atoms with E-state index in [0.29, 0.717) is 33.3 Å². The first-order chi connectivity index (χ1) is 15.9. The number of anilines is 1. The van der Waals surface area contributed by atoms with Crippen LogP contribution in [0.2, 0.25) is 10.2 Å². The average molecular weight is 503 g/mol. The first kappa shape index (κ1) is 22.8. The minimum Gasteiger partial charge on any atom is -0.494 e. The third-order valence-electron chi connectivity index (χ3n) is 4.44. The van der Waals surface area contributed by atoms with Gasteiger partial charge in [0.2, 0.25) is 5.13 Å². The third kappa shape index (κ3) is 5.36. The monoisotopic (exact) mass is 502 g/mol. The van der Waals surface area contributed by atoms with Crippen LogP contribution in [0.1, 0.15) is 21.7 Å². The number of nitrogens with zero attached hydrogens (tertiary/aromatic N) is 5. The van der Waals surface area contributed by atoms with Crippen LogP contribution in [0.4, 0.5) is 5.13 Å². The predicted molar refractivity (Wildman–Crippen MR) is 125 cm³/mol. The number of hydrogen-bond acceptors (Lipinski definition) is 9. The van der Waals surface area contributed by atoms with Gasteiger partial charge in [0.25, 0.3) is 11.1 Å². The molecule has 9 nitrogen and oxygen atoms in total. The molecule has 4 aromatic heterocycles. The molecule has 4 heterocycles. The van der Waals surface area contributed by atoms with E-state index in [2.05, 4.69) is 30.5 Å². The molecule has 0 spiro atoms. The van der Waals surface area contributed by atoms with Gasteiger partial charge in [-0.2, -0.15) is 0 Å². The van der Waals surface area contributed by atoms with Crippen molar-refractivity contribution >= 4 is 45.6 Å². The summed E-state index contributed by atoms with van der Waals surface area (Å²) in [6.45, 7) is 1.97. The molecule has 0 aliphatic heterocycles. The maximum atomic E-state index is 13.1. The zero-order valence-corrected chi connectivity index (χ0v) is 19.7. The van der Waals surface area contributed by atoms with E-state index in [1.165, 1.54) is 19.5 Å². The molecular weight excluding hydrogens is 487 g/mol. The first-order valence-corrected chi connectivity index (χ1v) is 11.1. The molecule has 0 saturated heterocycles. The lowest BCUT2D eigenvalue weighted by molar-refractivity contribution is 0.102. The summed E-state index contributed by atoms with van der Waals surface area (Å²) in [5, 5.41) is 12.0. The Hall–Kier alpha value is -3.34. The Balaban J connectivity index is 1.55. The van der Waals surface area contributed by atoms with E-state index in [1.54, 1.807) is 37.4 Å². The highest BCUT2D eigenvalue weighted by Gasteiger charge is 2.22. The quantitative estimate of drug-likeness (QED) is 0.357. The van der Waals surface area contributed by atoms with Crippen LogP contribution in [0.3, 0.4) is 0 Å². The summed E-state index contributed by atoms with van der Waals surface area (Å²) in [6, 6.07) is 6.85. The highest BCUT2D eigenvalue weighted by Crippen LogP contribution is 2.36. The second-order valence-electron chi connectivity index (χ2n) is 6.62. The number of carbonyl (C=O) groups is 1. The molecule has 0 fully saturated rings. The van der Waals surface area contributed by atoms with Crippen LogP contribution in [0, 0.1) is 6.92 Å². The van der Waals surface area contributed by atoms with Crippen LogP contribution < -0.4 is 14.8 Å². The number of ether oxygens (including phenoxy) is 2. The van der Waals surface area contributed by atoms with Crippen molar-refractivity contribution < 1.29 is 14.3 Å². The number of aromatic nitrogens is 5. The van der Waals surface area contributed by atoms with Crippen molar-refractivity contribution in [3.63, 3.8) is 0 Å². The van der Waals surface area contributed by atoms with Crippen molar-refractivity contribution in [2.24, 2.45) is 0 Å². The van der Waals surface area contributed by atoms with E-state index in [9.17, 15) is 4.79 Å². The smallest absolute Gasteiger partial charge is 0.296 e. The molecule has 168 valence electrons. The number of nitrogens with one attached hydrogen (secondary N) is 1. The molecule has 0 bridgehead atoms.